The van der Waals surface area contributed by atoms with Crippen LogP contribution in [0.1, 0.15) is 6.42 Å². The van der Waals surface area contributed by atoms with Crippen molar-refractivity contribution in [1.82, 2.24) is 4.90 Å². The molecule has 0 aliphatic carbocycles. The minimum atomic E-state index is -1.68. The second-order valence-corrected chi connectivity index (χ2v) is 6.58. The number of nitrogens with two attached hydrogens (primary N) is 1. The number of alkyl halides is 3. The van der Waals surface area contributed by atoms with Crippen molar-refractivity contribution in [3.05, 3.63) is 11.6 Å². The molecule has 0 aromatic heterocycles. The number of nitrogens with zero attached hydrogens (tertiary/aromatic N) is 1. The van der Waals surface area contributed by atoms with Crippen LogP contribution in [0.25, 0.3) is 0 Å². The summed E-state index contributed by atoms with van der Waals surface area (Å²) in [6.45, 7) is 0.145. The highest BCUT2D eigenvalue weighted by Crippen LogP contribution is 2.26. The summed E-state index contributed by atoms with van der Waals surface area (Å²) < 4.78 is 3.06. The molecule has 0 saturated carbocycles. The number of ether oxygens (including phenoxy) is 1. The third-order valence-electron chi connectivity index (χ3n) is 2.43. The zero-order valence-electron chi connectivity index (χ0n) is 9.81. The van der Waals surface area contributed by atoms with Gasteiger partial charge in [-0.25, -0.2) is 4.79 Å². The van der Waals surface area contributed by atoms with Crippen molar-refractivity contribution >= 4 is 46.9 Å². The molecule has 0 radical (unpaired) electrons. The van der Waals surface area contributed by atoms with E-state index in [9.17, 15) is 9.59 Å². The van der Waals surface area contributed by atoms with Gasteiger partial charge in [0, 0.05) is 13.1 Å². The molecule has 1 atom stereocenters. The Hall–Kier alpha value is -0.690. The Bertz CT molecular complexity index is 395. The van der Waals surface area contributed by atoms with Crippen LogP contribution in [0.5, 0.6) is 0 Å². The smallest absolute Gasteiger partial charge is 0.407 e. The van der Waals surface area contributed by atoms with Crippen LogP contribution in [-0.4, -0.2) is 51.6 Å². The molecule has 6 nitrogen and oxygen atoms in total. The summed E-state index contributed by atoms with van der Waals surface area (Å²) in [6.07, 6.45) is 0.914. The van der Waals surface area contributed by atoms with Gasteiger partial charge in [0.2, 0.25) is 3.79 Å². The highest BCUT2D eigenvalue weighted by atomic mass is 35.6. The van der Waals surface area contributed by atoms with Crippen molar-refractivity contribution in [1.29, 1.82) is 0 Å². The molecule has 1 amide bonds. The van der Waals surface area contributed by atoms with Gasteiger partial charge in [-0.3, -0.25) is 4.79 Å². The average Bonchev–Trinajstić information content (AvgIpc) is 2.73. The Morgan fingerprint density at radius 2 is 2.16 bits per heavy atom. The number of halogens is 3. The normalized spacial score (nSPS) is 17.1. The minimum absolute atomic E-state index is 0.211. The van der Waals surface area contributed by atoms with Crippen molar-refractivity contribution in [2.45, 2.75) is 16.3 Å². The second kappa shape index (κ2) is 6.65. The van der Waals surface area contributed by atoms with Crippen molar-refractivity contribution in [2.24, 2.45) is 5.73 Å². The zero-order valence-corrected chi connectivity index (χ0v) is 12.1. The van der Waals surface area contributed by atoms with E-state index in [1.165, 1.54) is 4.90 Å². The number of rotatable bonds is 4. The summed E-state index contributed by atoms with van der Waals surface area (Å²) in [5.74, 6) is -0.694. The Kier molecular flexibility index (Phi) is 5.73. The highest BCUT2D eigenvalue weighted by molar-refractivity contribution is 6.67. The number of amides is 1. The second-order valence-electron chi connectivity index (χ2n) is 4.06. The summed E-state index contributed by atoms with van der Waals surface area (Å²) >= 11 is 16.3. The van der Waals surface area contributed by atoms with E-state index in [-0.39, 0.29) is 19.6 Å². The lowest BCUT2D eigenvalue weighted by atomic mass is 10.1. The lowest BCUT2D eigenvalue weighted by Gasteiger charge is -2.16. The van der Waals surface area contributed by atoms with E-state index in [4.69, 9.17) is 50.4 Å². The van der Waals surface area contributed by atoms with Gasteiger partial charge >= 0.3 is 12.1 Å². The molecule has 0 saturated heterocycles. The Balaban J connectivity index is 2.37. The first-order valence-corrected chi connectivity index (χ1v) is 6.47. The van der Waals surface area contributed by atoms with Crippen LogP contribution in [-0.2, 0) is 9.53 Å². The predicted molar refractivity (Wildman–Crippen MR) is 71.5 cm³/mol. The molecule has 1 heterocycles. The van der Waals surface area contributed by atoms with Gasteiger partial charge in [0.15, 0.2) is 0 Å². The summed E-state index contributed by atoms with van der Waals surface area (Å²) in [4.78, 5) is 23.4. The summed E-state index contributed by atoms with van der Waals surface area (Å²) in [7, 11) is 0. The molecule has 0 fully saturated rings. The quantitative estimate of drug-likeness (QED) is 0.463. The molecule has 0 aromatic rings. The fourth-order valence-electron chi connectivity index (χ4n) is 1.53. The SMILES string of the molecule is NC(CC1=CCN(C(=O)O)C1)C(=O)OCC(Cl)(Cl)Cl. The van der Waals surface area contributed by atoms with Crippen molar-refractivity contribution in [3.8, 4) is 0 Å². The standard InChI is InChI=1S/C10H13Cl3N2O4/c11-10(12,13)5-19-8(16)7(14)3-6-1-2-15(4-6)9(17)18/h1,7H,2-5,14H2,(H,17,18). The van der Waals surface area contributed by atoms with Gasteiger partial charge in [0.05, 0.1) is 0 Å². The van der Waals surface area contributed by atoms with Gasteiger partial charge in [-0.1, -0.05) is 46.5 Å². The summed E-state index contributed by atoms with van der Waals surface area (Å²) in [6, 6.07) is -0.910. The number of hydrogen-bond donors (Lipinski definition) is 2. The van der Waals surface area contributed by atoms with Crippen LogP contribution in [0, 0.1) is 0 Å². The maximum atomic E-state index is 11.5. The fraction of sp³-hybridized carbons (Fsp3) is 0.600. The molecule has 0 bridgehead atoms. The van der Waals surface area contributed by atoms with Gasteiger partial charge in [-0.2, -0.15) is 0 Å². The molecular formula is C10H13Cl3N2O4. The molecule has 3 N–H and O–H groups in total. The van der Waals surface area contributed by atoms with E-state index < -0.39 is 21.9 Å². The molecule has 1 aliphatic heterocycles. The number of esters is 1. The van der Waals surface area contributed by atoms with E-state index in [0.717, 1.165) is 5.57 Å². The molecule has 0 spiro atoms. The molecule has 9 heteroatoms. The molecule has 1 rings (SSSR count). The van der Waals surface area contributed by atoms with Crippen molar-refractivity contribution in [2.75, 3.05) is 19.7 Å². The van der Waals surface area contributed by atoms with Gasteiger partial charge in [-0.05, 0) is 6.42 Å². The van der Waals surface area contributed by atoms with Crippen LogP contribution in [0.2, 0.25) is 0 Å². The van der Waals surface area contributed by atoms with Gasteiger partial charge < -0.3 is 20.5 Å². The maximum Gasteiger partial charge on any atom is 0.407 e. The van der Waals surface area contributed by atoms with Crippen molar-refractivity contribution < 1.29 is 19.4 Å². The van der Waals surface area contributed by atoms with E-state index in [2.05, 4.69) is 0 Å². The Morgan fingerprint density at radius 3 is 2.63 bits per heavy atom. The topological polar surface area (TPSA) is 92.9 Å². The van der Waals surface area contributed by atoms with E-state index in [1.54, 1.807) is 6.08 Å². The largest absolute Gasteiger partial charge is 0.465 e. The molecule has 108 valence electrons. The first kappa shape index (κ1) is 16.4. The summed E-state index contributed by atoms with van der Waals surface area (Å²) in [5.41, 5.74) is 6.40. The van der Waals surface area contributed by atoms with Crippen molar-refractivity contribution in [3.63, 3.8) is 0 Å². The number of carbonyl (C=O) groups excluding carboxylic acids is 1. The molecule has 1 aliphatic rings. The van der Waals surface area contributed by atoms with E-state index >= 15 is 0 Å². The lowest BCUT2D eigenvalue weighted by molar-refractivity contribution is -0.145. The van der Waals surface area contributed by atoms with E-state index in [1.807, 2.05) is 0 Å². The maximum absolute atomic E-state index is 11.5. The van der Waals surface area contributed by atoms with Gasteiger partial charge in [0.25, 0.3) is 0 Å². The average molecular weight is 332 g/mol. The van der Waals surface area contributed by atoms with Gasteiger partial charge in [0.1, 0.15) is 12.6 Å². The van der Waals surface area contributed by atoms with Crippen LogP contribution in [0.4, 0.5) is 4.79 Å². The fourth-order valence-corrected chi connectivity index (χ4v) is 1.70. The predicted octanol–water partition coefficient (Wildman–Crippen LogP) is 1.54. The molecule has 0 aromatic carbocycles. The number of carboxylic acid groups (broad SMARTS) is 1. The first-order valence-electron chi connectivity index (χ1n) is 5.34. The van der Waals surface area contributed by atoms with Crippen LogP contribution in [0.15, 0.2) is 11.6 Å². The Labute approximate surface area is 125 Å². The Morgan fingerprint density at radius 1 is 1.53 bits per heavy atom. The molecule has 1 unspecified atom stereocenters. The van der Waals surface area contributed by atoms with Gasteiger partial charge in [-0.15, -0.1) is 0 Å². The van der Waals surface area contributed by atoms with Crippen LogP contribution >= 0.6 is 34.8 Å². The minimum Gasteiger partial charge on any atom is -0.465 e. The first-order chi connectivity index (χ1) is 8.69. The third kappa shape index (κ3) is 5.86. The highest BCUT2D eigenvalue weighted by Gasteiger charge is 2.26. The van der Waals surface area contributed by atoms with E-state index in [0.29, 0.717) is 6.54 Å². The molecule has 19 heavy (non-hydrogen) atoms. The third-order valence-corrected chi connectivity index (χ3v) is 2.76. The number of carbonyl (C=O) groups is 2. The molecular weight excluding hydrogens is 318 g/mol. The lowest BCUT2D eigenvalue weighted by Crippen LogP contribution is -2.35. The zero-order chi connectivity index (χ0) is 14.6. The monoisotopic (exact) mass is 330 g/mol. The van der Waals surface area contributed by atoms with Crippen LogP contribution < -0.4 is 5.73 Å². The van der Waals surface area contributed by atoms with Crippen LogP contribution in [0.3, 0.4) is 0 Å². The number of hydrogen-bond acceptors (Lipinski definition) is 4. The summed E-state index contributed by atoms with van der Waals surface area (Å²) in [5, 5.41) is 8.77.